The second-order valence-electron chi connectivity index (χ2n) is 4.38. The molecule has 0 bridgehead atoms. The number of nitrogens with one attached hydrogen (secondary N) is 1. The lowest BCUT2D eigenvalue weighted by atomic mass is 10.0. The third kappa shape index (κ3) is 4.35. The first-order chi connectivity index (χ1) is 8.91. The summed E-state index contributed by atoms with van der Waals surface area (Å²) in [6, 6.07) is 5.86. The zero-order chi connectivity index (χ0) is 14.5. The van der Waals surface area contributed by atoms with Crippen LogP contribution in [0.5, 0.6) is 5.75 Å². The van der Waals surface area contributed by atoms with E-state index in [2.05, 4.69) is 10.1 Å². The van der Waals surface area contributed by atoms with Crippen molar-refractivity contribution >= 4 is 17.5 Å². The molecule has 6 heteroatoms. The Balaban J connectivity index is 2.93. The molecule has 1 amide bonds. The molecule has 0 aliphatic heterocycles. The molecule has 1 N–H and O–H groups in total. The minimum atomic E-state index is -2.97. The molecule has 0 fully saturated rings. The van der Waals surface area contributed by atoms with Gasteiger partial charge in [-0.1, -0.05) is 19.1 Å². The van der Waals surface area contributed by atoms with E-state index in [4.69, 9.17) is 11.6 Å². The van der Waals surface area contributed by atoms with Crippen molar-refractivity contribution in [2.75, 3.05) is 5.88 Å². The second-order valence-corrected chi connectivity index (χ2v) is 4.64. The van der Waals surface area contributed by atoms with Crippen LogP contribution in [-0.2, 0) is 0 Å². The Hall–Kier alpha value is -1.36. The van der Waals surface area contributed by atoms with Gasteiger partial charge in [0.25, 0.3) is 5.91 Å². The first-order valence-electron chi connectivity index (χ1n) is 5.84. The molecule has 1 aromatic rings. The van der Waals surface area contributed by atoms with E-state index in [1.807, 2.05) is 6.92 Å². The number of para-hydroxylation sites is 1. The third-order valence-corrected chi connectivity index (χ3v) is 3.43. The normalized spacial score (nSPS) is 14.0. The maximum absolute atomic E-state index is 12.3. The summed E-state index contributed by atoms with van der Waals surface area (Å²) in [6.45, 7) is 0.693. The van der Waals surface area contributed by atoms with Gasteiger partial charge in [-0.05, 0) is 25.5 Å². The van der Waals surface area contributed by atoms with Crippen LogP contribution in [0.4, 0.5) is 8.78 Å². The maximum Gasteiger partial charge on any atom is 0.387 e. The fourth-order valence-corrected chi connectivity index (χ4v) is 1.67. The van der Waals surface area contributed by atoms with Gasteiger partial charge in [0.2, 0.25) is 0 Å². The number of carbonyl (C=O) groups excluding carboxylic acids is 1. The Morgan fingerprint density at radius 3 is 2.63 bits per heavy atom. The standard InChI is InChI=1S/C13H16ClF2NO2/c1-3-13(2,8-14)17-11(18)9-6-4-5-7-10(9)19-12(15)16/h4-7,12H,3,8H2,1-2H3,(H,17,18). The fourth-order valence-electron chi connectivity index (χ4n) is 1.41. The molecular weight excluding hydrogens is 276 g/mol. The molecule has 106 valence electrons. The van der Waals surface area contributed by atoms with Gasteiger partial charge in [0.15, 0.2) is 0 Å². The zero-order valence-corrected chi connectivity index (χ0v) is 11.5. The lowest BCUT2D eigenvalue weighted by Gasteiger charge is -2.27. The highest BCUT2D eigenvalue weighted by Gasteiger charge is 2.25. The largest absolute Gasteiger partial charge is 0.434 e. The van der Waals surface area contributed by atoms with Gasteiger partial charge in [0, 0.05) is 5.88 Å². The van der Waals surface area contributed by atoms with Gasteiger partial charge in [0.05, 0.1) is 11.1 Å². The van der Waals surface area contributed by atoms with Crippen LogP contribution >= 0.6 is 11.6 Å². The molecule has 0 saturated carbocycles. The zero-order valence-electron chi connectivity index (χ0n) is 10.8. The Morgan fingerprint density at radius 1 is 1.47 bits per heavy atom. The van der Waals surface area contributed by atoms with Gasteiger partial charge in [-0.25, -0.2) is 0 Å². The highest BCUT2D eigenvalue weighted by Crippen LogP contribution is 2.21. The van der Waals surface area contributed by atoms with Crippen molar-refractivity contribution in [1.29, 1.82) is 0 Å². The Bertz CT molecular complexity index is 436. The first kappa shape index (κ1) is 15.7. The van der Waals surface area contributed by atoms with Crippen LogP contribution in [0.3, 0.4) is 0 Å². The van der Waals surface area contributed by atoms with Crippen molar-refractivity contribution in [3.05, 3.63) is 29.8 Å². The number of hydrogen-bond donors (Lipinski definition) is 1. The highest BCUT2D eigenvalue weighted by molar-refractivity contribution is 6.18. The molecular formula is C13H16ClF2NO2. The maximum atomic E-state index is 12.3. The van der Waals surface area contributed by atoms with Gasteiger partial charge in [-0.2, -0.15) is 8.78 Å². The van der Waals surface area contributed by atoms with E-state index in [0.717, 1.165) is 0 Å². The topological polar surface area (TPSA) is 38.3 Å². The Kier molecular flexibility index (Phi) is 5.54. The van der Waals surface area contributed by atoms with Crippen molar-refractivity contribution in [3.8, 4) is 5.75 Å². The summed E-state index contributed by atoms with van der Waals surface area (Å²) in [5.41, 5.74) is -0.524. The molecule has 19 heavy (non-hydrogen) atoms. The average molecular weight is 292 g/mol. The lowest BCUT2D eigenvalue weighted by molar-refractivity contribution is -0.0501. The van der Waals surface area contributed by atoms with E-state index in [1.54, 1.807) is 13.0 Å². The van der Waals surface area contributed by atoms with Crippen molar-refractivity contribution in [2.45, 2.75) is 32.4 Å². The smallest absolute Gasteiger partial charge is 0.387 e. The molecule has 0 spiro atoms. The molecule has 0 aromatic heterocycles. The SMILES string of the molecule is CCC(C)(CCl)NC(=O)c1ccccc1OC(F)F. The first-order valence-corrected chi connectivity index (χ1v) is 6.37. The number of hydrogen-bond acceptors (Lipinski definition) is 2. The van der Waals surface area contributed by atoms with Crippen molar-refractivity contribution in [3.63, 3.8) is 0 Å². The van der Waals surface area contributed by atoms with E-state index >= 15 is 0 Å². The van der Waals surface area contributed by atoms with E-state index < -0.39 is 18.1 Å². The van der Waals surface area contributed by atoms with E-state index in [9.17, 15) is 13.6 Å². The van der Waals surface area contributed by atoms with E-state index in [0.29, 0.717) is 6.42 Å². The van der Waals surface area contributed by atoms with Crippen LogP contribution in [0, 0.1) is 0 Å². The fraction of sp³-hybridized carbons (Fsp3) is 0.462. The molecule has 1 atom stereocenters. The molecule has 0 radical (unpaired) electrons. The molecule has 0 saturated heterocycles. The van der Waals surface area contributed by atoms with Crippen LogP contribution in [0.1, 0.15) is 30.6 Å². The van der Waals surface area contributed by atoms with Gasteiger partial charge in [-0.3, -0.25) is 4.79 Å². The Morgan fingerprint density at radius 2 is 2.11 bits per heavy atom. The number of alkyl halides is 3. The number of rotatable bonds is 6. The molecule has 1 unspecified atom stereocenters. The summed E-state index contributed by atoms with van der Waals surface area (Å²) < 4.78 is 28.8. The summed E-state index contributed by atoms with van der Waals surface area (Å²) in [5.74, 6) is -0.406. The van der Waals surface area contributed by atoms with Gasteiger partial charge >= 0.3 is 6.61 Å². The van der Waals surface area contributed by atoms with Crippen molar-refractivity contribution in [2.24, 2.45) is 0 Å². The minimum absolute atomic E-state index is 0.0626. The van der Waals surface area contributed by atoms with Gasteiger partial charge < -0.3 is 10.1 Å². The highest BCUT2D eigenvalue weighted by atomic mass is 35.5. The summed E-state index contributed by atoms with van der Waals surface area (Å²) in [7, 11) is 0. The lowest BCUT2D eigenvalue weighted by Crippen LogP contribution is -2.47. The van der Waals surface area contributed by atoms with E-state index in [1.165, 1.54) is 18.2 Å². The van der Waals surface area contributed by atoms with Crippen LogP contribution in [0.25, 0.3) is 0 Å². The van der Waals surface area contributed by atoms with Crippen molar-refractivity contribution in [1.82, 2.24) is 5.32 Å². The summed E-state index contributed by atoms with van der Waals surface area (Å²) in [5, 5.41) is 2.73. The quantitative estimate of drug-likeness (QED) is 0.816. The number of ether oxygens (including phenoxy) is 1. The summed E-state index contributed by atoms with van der Waals surface area (Å²) in [4.78, 5) is 12.1. The molecule has 0 heterocycles. The van der Waals surface area contributed by atoms with Crippen LogP contribution in [0.15, 0.2) is 24.3 Å². The third-order valence-electron chi connectivity index (χ3n) is 2.84. The van der Waals surface area contributed by atoms with Crippen LogP contribution in [-0.4, -0.2) is 23.9 Å². The van der Waals surface area contributed by atoms with Gasteiger partial charge in [-0.15, -0.1) is 11.6 Å². The average Bonchev–Trinajstić information content (AvgIpc) is 2.38. The Labute approximate surface area is 115 Å². The predicted octanol–water partition coefficient (Wildman–Crippen LogP) is 3.43. The summed E-state index contributed by atoms with van der Waals surface area (Å²) in [6.07, 6.45) is 0.625. The second kappa shape index (κ2) is 6.70. The molecule has 3 nitrogen and oxygen atoms in total. The van der Waals surface area contributed by atoms with Crippen LogP contribution in [0.2, 0.25) is 0 Å². The monoisotopic (exact) mass is 291 g/mol. The molecule has 1 rings (SSSR count). The minimum Gasteiger partial charge on any atom is -0.434 e. The molecule has 0 aliphatic carbocycles. The van der Waals surface area contributed by atoms with Crippen LogP contribution < -0.4 is 10.1 Å². The number of halogens is 3. The molecule has 0 aliphatic rings. The predicted molar refractivity (Wildman–Crippen MR) is 70.0 cm³/mol. The number of benzene rings is 1. The van der Waals surface area contributed by atoms with Crippen molar-refractivity contribution < 1.29 is 18.3 Å². The summed E-state index contributed by atoms with van der Waals surface area (Å²) >= 11 is 5.80. The number of amides is 1. The molecule has 1 aromatic carbocycles. The van der Waals surface area contributed by atoms with E-state index in [-0.39, 0.29) is 17.2 Å². The van der Waals surface area contributed by atoms with Gasteiger partial charge in [0.1, 0.15) is 5.75 Å². The number of carbonyl (C=O) groups is 1.